The SMILES string of the molecule is O=C(CN(CC1CCNCC1)C1CC1)N1CCCCCC1. The van der Waals surface area contributed by atoms with Gasteiger partial charge in [0.2, 0.25) is 5.91 Å². The second-order valence-corrected chi connectivity index (χ2v) is 7.15. The van der Waals surface area contributed by atoms with Crippen molar-refractivity contribution < 1.29 is 4.79 Å². The third kappa shape index (κ3) is 4.68. The third-order valence-corrected chi connectivity index (χ3v) is 5.31. The monoisotopic (exact) mass is 293 g/mol. The van der Waals surface area contributed by atoms with Crippen molar-refractivity contribution in [3.63, 3.8) is 0 Å². The lowest BCUT2D eigenvalue weighted by molar-refractivity contribution is -0.132. The van der Waals surface area contributed by atoms with Crippen molar-refractivity contribution in [3.05, 3.63) is 0 Å². The Morgan fingerprint density at radius 1 is 1.00 bits per heavy atom. The van der Waals surface area contributed by atoms with Crippen LogP contribution in [-0.2, 0) is 4.79 Å². The number of carbonyl (C=O) groups excluding carboxylic acids is 1. The number of carbonyl (C=O) groups is 1. The van der Waals surface area contributed by atoms with E-state index in [-0.39, 0.29) is 0 Å². The molecule has 0 atom stereocenters. The zero-order valence-electron chi connectivity index (χ0n) is 13.4. The van der Waals surface area contributed by atoms with Gasteiger partial charge in [0.1, 0.15) is 0 Å². The molecule has 3 aliphatic rings. The van der Waals surface area contributed by atoms with Crippen LogP contribution in [0.1, 0.15) is 51.4 Å². The summed E-state index contributed by atoms with van der Waals surface area (Å²) in [6, 6.07) is 0.704. The van der Waals surface area contributed by atoms with E-state index in [9.17, 15) is 4.79 Å². The minimum atomic E-state index is 0.387. The molecule has 1 saturated carbocycles. The highest BCUT2D eigenvalue weighted by atomic mass is 16.2. The van der Waals surface area contributed by atoms with Gasteiger partial charge in [-0.1, -0.05) is 12.8 Å². The second kappa shape index (κ2) is 7.59. The summed E-state index contributed by atoms with van der Waals surface area (Å²) in [5.41, 5.74) is 0. The topological polar surface area (TPSA) is 35.6 Å². The molecule has 1 amide bonds. The van der Waals surface area contributed by atoms with Crippen LogP contribution in [0.3, 0.4) is 0 Å². The van der Waals surface area contributed by atoms with Gasteiger partial charge in [0, 0.05) is 25.7 Å². The first-order valence-electron chi connectivity index (χ1n) is 9.05. The van der Waals surface area contributed by atoms with Crippen LogP contribution in [0.25, 0.3) is 0 Å². The van der Waals surface area contributed by atoms with Crippen molar-refractivity contribution in [1.82, 2.24) is 15.1 Å². The highest BCUT2D eigenvalue weighted by Crippen LogP contribution is 2.29. The van der Waals surface area contributed by atoms with E-state index in [0.717, 1.165) is 38.6 Å². The highest BCUT2D eigenvalue weighted by molar-refractivity contribution is 5.78. The van der Waals surface area contributed by atoms with Crippen LogP contribution >= 0.6 is 0 Å². The van der Waals surface area contributed by atoms with Crippen molar-refractivity contribution in [2.75, 3.05) is 39.3 Å². The van der Waals surface area contributed by atoms with Gasteiger partial charge >= 0.3 is 0 Å². The molecule has 4 nitrogen and oxygen atoms in total. The molecule has 3 rings (SSSR count). The number of nitrogens with zero attached hydrogens (tertiary/aromatic N) is 2. The quantitative estimate of drug-likeness (QED) is 0.840. The molecule has 21 heavy (non-hydrogen) atoms. The van der Waals surface area contributed by atoms with Crippen LogP contribution in [0.2, 0.25) is 0 Å². The zero-order valence-corrected chi connectivity index (χ0v) is 13.4. The molecule has 1 aliphatic carbocycles. The van der Waals surface area contributed by atoms with Crippen molar-refractivity contribution in [3.8, 4) is 0 Å². The largest absolute Gasteiger partial charge is 0.342 e. The summed E-state index contributed by atoms with van der Waals surface area (Å²) < 4.78 is 0. The molecule has 1 N–H and O–H groups in total. The summed E-state index contributed by atoms with van der Waals surface area (Å²) in [6.45, 7) is 6.11. The predicted molar refractivity (Wildman–Crippen MR) is 85.2 cm³/mol. The molecule has 3 fully saturated rings. The molecule has 120 valence electrons. The molecule has 0 spiro atoms. The Balaban J connectivity index is 1.50. The first-order chi connectivity index (χ1) is 10.3. The maximum absolute atomic E-state index is 12.6. The fraction of sp³-hybridized carbons (Fsp3) is 0.941. The maximum atomic E-state index is 12.6. The van der Waals surface area contributed by atoms with E-state index >= 15 is 0 Å². The van der Waals surface area contributed by atoms with Crippen molar-refractivity contribution in [2.45, 2.75) is 57.4 Å². The summed E-state index contributed by atoms with van der Waals surface area (Å²) in [7, 11) is 0. The zero-order chi connectivity index (χ0) is 14.5. The third-order valence-electron chi connectivity index (χ3n) is 5.31. The molecule has 0 radical (unpaired) electrons. The number of rotatable bonds is 5. The Labute approximate surface area is 129 Å². The Morgan fingerprint density at radius 2 is 1.67 bits per heavy atom. The van der Waals surface area contributed by atoms with E-state index in [1.165, 1.54) is 51.4 Å². The standard InChI is InChI=1S/C17H31N3O/c21-17(19-11-3-1-2-4-12-19)14-20(16-5-6-16)13-15-7-9-18-10-8-15/h15-16,18H,1-14H2. The fourth-order valence-corrected chi connectivity index (χ4v) is 3.77. The van der Waals surface area contributed by atoms with Gasteiger partial charge in [-0.15, -0.1) is 0 Å². The second-order valence-electron chi connectivity index (χ2n) is 7.15. The number of hydrogen-bond acceptors (Lipinski definition) is 3. The number of piperidine rings is 1. The van der Waals surface area contributed by atoms with E-state index in [0.29, 0.717) is 18.5 Å². The van der Waals surface area contributed by atoms with Crippen molar-refractivity contribution in [1.29, 1.82) is 0 Å². The molecule has 2 aliphatic heterocycles. The van der Waals surface area contributed by atoms with E-state index in [1.54, 1.807) is 0 Å². The Kier molecular flexibility index (Phi) is 5.53. The molecule has 0 aromatic heterocycles. The lowest BCUT2D eigenvalue weighted by Crippen LogP contribution is -2.44. The molecule has 0 aromatic rings. The number of hydrogen-bond donors (Lipinski definition) is 1. The molecule has 0 bridgehead atoms. The van der Waals surface area contributed by atoms with Crippen molar-refractivity contribution in [2.24, 2.45) is 5.92 Å². The molecular weight excluding hydrogens is 262 g/mol. The lowest BCUT2D eigenvalue weighted by Gasteiger charge is -2.31. The van der Waals surface area contributed by atoms with E-state index in [4.69, 9.17) is 0 Å². The normalized spacial score (nSPS) is 25.1. The Morgan fingerprint density at radius 3 is 2.29 bits per heavy atom. The van der Waals surface area contributed by atoms with Crippen LogP contribution < -0.4 is 5.32 Å². The minimum absolute atomic E-state index is 0.387. The van der Waals surface area contributed by atoms with Gasteiger partial charge in [-0.25, -0.2) is 0 Å². The summed E-state index contributed by atoms with van der Waals surface area (Å²) >= 11 is 0. The average Bonchev–Trinajstić information content (AvgIpc) is 3.34. The lowest BCUT2D eigenvalue weighted by atomic mass is 9.97. The average molecular weight is 293 g/mol. The van der Waals surface area contributed by atoms with E-state index in [1.807, 2.05) is 0 Å². The van der Waals surface area contributed by atoms with Crippen LogP contribution in [0.15, 0.2) is 0 Å². The van der Waals surface area contributed by atoms with Crippen LogP contribution in [0.4, 0.5) is 0 Å². The molecule has 4 heteroatoms. The molecule has 0 aromatic carbocycles. The van der Waals surface area contributed by atoms with Gasteiger partial charge in [-0.3, -0.25) is 9.69 Å². The van der Waals surface area contributed by atoms with Gasteiger partial charge in [-0.2, -0.15) is 0 Å². The van der Waals surface area contributed by atoms with Crippen LogP contribution in [-0.4, -0.2) is 61.0 Å². The smallest absolute Gasteiger partial charge is 0.236 e. The first-order valence-corrected chi connectivity index (χ1v) is 9.05. The first kappa shape index (κ1) is 15.3. The highest BCUT2D eigenvalue weighted by Gasteiger charge is 2.33. The van der Waals surface area contributed by atoms with E-state index < -0.39 is 0 Å². The fourth-order valence-electron chi connectivity index (χ4n) is 3.77. The summed E-state index contributed by atoms with van der Waals surface area (Å²) in [4.78, 5) is 17.2. The number of likely N-dealkylation sites (tertiary alicyclic amines) is 1. The van der Waals surface area contributed by atoms with E-state index in [2.05, 4.69) is 15.1 Å². The van der Waals surface area contributed by atoms with Gasteiger partial charge in [-0.05, 0) is 57.5 Å². The minimum Gasteiger partial charge on any atom is -0.342 e. The molecule has 0 unspecified atom stereocenters. The van der Waals surface area contributed by atoms with Crippen molar-refractivity contribution >= 4 is 5.91 Å². The molecular formula is C17H31N3O. The van der Waals surface area contributed by atoms with Gasteiger partial charge in [0.05, 0.1) is 6.54 Å². The summed E-state index contributed by atoms with van der Waals surface area (Å²) in [5, 5.41) is 3.44. The molecule has 2 heterocycles. The van der Waals surface area contributed by atoms with Crippen LogP contribution in [0, 0.1) is 5.92 Å². The Bertz CT molecular complexity index is 329. The van der Waals surface area contributed by atoms with Gasteiger partial charge in [0.15, 0.2) is 0 Å². The van der Waals surface area contributed by atoms with Gasteiger partial charge < -0.3 is 10.2 Å². The number of nitrogens with one attached hydrogen (secondary N) is 1. The summed E-state index contributed by atoms with van der Waals surface area (Å²) in [6.07, 6.45) is 10.2. The number of amides is 1. The summed E-state index contributed by atoms with van der Waals surface area (Å²) in [5.74, 6) is 1.18. The maximum Gasteiger partial charge on any atom is 0.236 e. The molecule has 2 saturated heterocycles. The van der Waals surface area contributed by atoms with Gasteiger partial charge in [0.25, 0.3) is 0 Å². The predicted octanol–water partition coefficient (Wildman–Crippen LogP) is 1.85. The van der Waals surface area contributed by atoms with Crippen LogP contribution in [0.5, 0.6) is 0 Å². The Hall–Kier alpha value is -0.610.